The van der Waals surface area contributed by atoms with Gasteiger partial charge < -0.3 is 10.8 Å². The first kappa shape index (κ1) is 12.6. The molecule has 0 spiro atoms. The van der Waals surface area contributed by atoms with Crippen LogP contribution in [-0.4, -0.2) is 11.1 Å². The molecule has 18 heavy (non-hydrogen) atoms. The highest BCUT2D eigenvalue weighted by atomic mass is 35.5. The quantitative estimate of drug-likeness (QED) is 0.893. The summed E-state index contributed by atoms with van der Waals surface area (Å²) in [6.07, 6.45) is 0. The van der Waals surface area contributed by atoms with Crippen molar-refractivity contribution in [1.82, 2.24) is 0 Å². The average molecular weight is 262 g/mol. The summed E-state index contributed by atoms with van der Waals surface area (Å²) >= 11 is 5.80. The van der Waals surface area contributed by atoms with Crippen molar-refractivity contribution in [3.05, 3.63) is 70.7 Å². The summed E-state index contributed by atoms with van der Waals surface area (Å²) in [6, 6.07) is 15.2. The summed E-state index contributed by atoms with van der Waals surface area (Å²) in [5.74, 6) is -1.10. The Hall–Kier alpha value is -1.84. The summed E-state index contributed by atoms with van der Waals surface area (Å²) in [5, 5.41) is 9.99. The Bertz CT molecular complexity index is 554. The monoisotopic (exact) mass is 261 g/mol. The van der Waals surface area contributed by atoms with Gasteiger partial charge in [0.1, 0.15) is 0 Å². The van der Waals surface area contributed by atoms with E-state index in [4.69, 9.17) is 17.3 Å². The zero-order valence-corrected chi connectivity index (χ0v) is 10.3. The fourth-order valence-corrected chi connectivity index (χ4v) is 1.95. The molecule has 4 heteroatoms. The highest BCUT2D eigenvalue weighted by Gasteiger charge is 2.37. The van der Waals surface area contributed by atoms with E-state index < -0.39 is 11.5 Å². The van der Waals surface area contributed by atoms with Crippen LogP contribution in [0.25, 0.3) is 0 Å². The maximum atomic E-state index is 11.5. The Morgan fingerprint density at radius 2 is 1.50 bits per heavy atom. The molecule has 3 nitrogen and oxygen atoms in total. The summed E-state index contributed by atoms with van der Waals surface area (Å²) in [5.41, 5.74) is 5.55. The van der Waals surface area contributed by atoms with Crippen LogP contribution in [0.4, 0.5) is 0 Å². The minimum Gasteiger partial charge on any atom is -0.479 e. The maximum absolute atomic E-state index is 11.5. The van der Waals surface area contributed by atoms with Crippen LogP contribution in [0.1, 0.15) is 11.1 Å². The van der Waals surface area contributed by atoms with Crippen molar-refractivity contribution in [1.29, 1.82) is 0 Å². The molecule has 0 saturated heterocycles. The standard InChI is InChI=1S/C14H12ClNO2/c15-12-8-6-11(7-9-12)14(16,13(17)18)10-4-2-1-3-5-10/h1-9H,16H2,(H,17,18)/t14-/m0/s1. The van der Waals surface area contributed by atoms with Gasteiger partial charge in [-0.15, -0.1) is 0 Å². The normalized spacial score (nSPS) is 13.9. The Kier molecular flexibility index (Phi) is 3.36. The summed E-state index contributed by atoms with van der Waals surface area (Å²) in [6.45, 7) is 0. The zero-order chi connectivity index (χ0) is 13.2. The lowest BCUT2D eigenvalue weighted by molar-refractivity contribution is -0.142. The van der Waals surface area contributed by atoms with Gasteiger partial charge in [0.25, 0.3) is 0 Å². The Morgan fingerprint density at radius 1 is 1.00 bits per heavy atom. The summed E-state index contributed by atoms with van der Waals surface area (Å²) in [7, 11) is 0. The fraction of sp³-hybridized carbons (Fsp3) is 0.0714. The molecule has 0 aliphatic carbocycles. The molecule has 0 bridgehead atoms. The Morgan fingerprint density at radius 3 is 2.00 bits per heavy atom. The number of hydrogen-bond donors (Lipinski definition) is 2. The number of carboxylic acids is 1. The van der Waals surface area contributed by atoms with E-state index in [9.17, 15) is 9.90 Å². The molecule has 0 saturated carbocycles. The minimum atomic E-state index is -1.56. The van der Waals surface area contributed by atoms with Gasteiger partial charge in [-0.05, 0) is 23.3 Å². The molecule has 0 unspecified atom stereocenters. The Balaban J connectivity index is 2.58. The van der Waals surface area contributed by atoms with Crippen LogP contribution in [-0.2, 0) is 10.3 Å². The van der Waals surface area contributed by atoms with Gasteiger partial charge in [-0.1, -0.05) is 54.1 Å². The first-order chi connectivity index (χ1) is 8.55. The number of nitrogens with two attached hydrogens (primary N) is 1. The topological polar surface area (TPSA) is 63.3 Å². The summed E-state index contributed by atoms with van der Waals surface area (Å²) in [4.78, 5) is 11.5. The molecule has 0 amide bonds. The van der Waals surface area contributed by atoms with Crippen LogP contribution < -0.4 is 5.73 Å². The smallest absolute Gasteiger partial charge is 0.333 e. The third kappa shape index (κ3) is 2.10. The second kappa shape index (κ2) is 4.80. The molecule has 0 radical (unpaired) electrons. The lowest BCUT2D eigenvalue weighted by atomic mass is 9.84. The predicted octanol–water partition coefficient (Wildman–Crippen LogP) is 2.63. The minimum absolute atomic E-state index is 0.491. The van der Waals surface area contributed by atoms with Gasteiger partial charge >= 0.3 is 5.97 Å². The van der Waals surface area contributed by atoms with E-state index in [-0.39, 0.29) is 0 Å². The fourth-order valence-electron chi connectivity index (χ4n) is 1.83. The van der Waals surface area contributed by atoms with Gasteiger partial charge in [0.2, 0.25) is 0 Å². The molecular formula is C14H12ClNO2. The summed E-state index contributed by atoms with van der Waals surface area (Å²) < 4.78 is 0. The van der Waals surface area contributed by atoms with Crippen LogP contribution in [0.2, 0.25) is 5.02 Å². The van der Waals surface area contributed by atoms with Crippen molar-refractivity contribution in [2.24, 2.45) is 5.73 Å². The van der Waals surface area contributed by atoms with Gasteiger partial charge in [-0.3, -0.25) is 0 Å². The van der Waals surface area contributed by atoms with Crippen LogP contribution in [0.5, 0.6) is 0 Å². The molecule has 0 fully saturated rings. The number of aliphatic carboxylic acids is 1. The van der Waals surface area contributed by atoms with Crippen LogP contribution in [0.15, 0.2) is 54.6 Å². The molecule has 1 atom stereocenters. The molecule has 2 aromatic carbocycles. The van der Waals surface area contributed by atoms with Crippen LogP contribution >= 0.6 is 11.6 Å². The number of carboxylic acid groups (broad SMARTS) is 1. The van der Waals surface area contributed by atoms with Crippen molar-refractivity contribution < 1.29 is 9.90 Å². The molecule has 0 heterocycles. The van der Waals surface area contributed by atoms with Gasteiger partial charge in [0, 0.05) is 5.02 Å². The van der Waals surface area contributed by atoms with E-state index in [0.717, 1.165) is 0 Å². The molecule has 2 aromatic rings. The van der Waals surface area contributed by atoms with Crippen LogP contribution in [0.3, 0.4) is 0 Å². The number of halogens is 1. The number of carbonyl (C=O) groups is 1. The van der Waals surface area contributed by atoms with E-state index in [1.54, 1.807) is 48.5 Å². The van der Waals surface area contributed by atoms with Crippen molar-refractivity contribution in [3.63, 3.8) is 0 Å². The molecule has 0 aromatic heterocycles. The van der Waals surface area contributed by atoms with E-state index in [2.05, 4.69) is 0 Å². The Labute approximate surface area is 110 Å². The average Bonchev–Trinajstić information content (AvgIpc) is 2.39. The van der Waals surface area contributed by atoms with E-state index in [1.165, 1.54) is 0 Å². The van der Waals surface area contributed by atoms with Crippen molar-refractivity contribution in [2.75, 3.05) is 0 Å². The first-order valence-electron chi connectivity index (χ1n) is 5.39. The number of hydrogen-bond acceptors (Lipinski definition) is 2. The van der Waals surface area contributed by atoms with Gasteiger partial charge in [-0.25, -0.2) is 4.79 Å². The van der Waals surface area contributed by atoms with Crippen molar-refractivity contribution >= 4 is 17.6 Å². The van der Waals surface area contributed by atoms with Crippen molar-refractivity contribution in [2.45, 2.75) is 5.54 Å². The maximum Gasteiger partial charge on any atom is 0.333 e. The number of rotatable bonds is 3. The van der Waals surface area contributed by atoms with Crippen LogP contribution in [0, 0.1) is 0 Å². The van der Waals surface area contributed by atoms with E-state index in [0.29, 0.717) is 16.1 Å². The molecule has 3 N–H and O–H groups in total. The SMILES string of the molecule is N[C@@](C(=O)O)(c1ccccc1)c1ccc(Cl)cc1. The second-order valence-corrected chi connectivity index (χ2v) is 4.42. The highest BCUT2D eigenvalue weighted by molar-refractivity contribution is 6.30. The third-order valence-electron chi connectivity index (χ3n) is 2.87. The van der Waals surface area contributed by atoms with E-state index in [1.807, 2.05) is 6.07 Å². The van der Waals surface area contributed by atoms with Gasteiger partial charge in [0.15, 0.2) is 5.54 Å². The predicted molar refractivity (Wildman–Crippen MR) is 70.5 cm³/mol. The molecule has 0 aliphatic heterocycles. The molecular weight excluding hydrogens is 250 g/mol. The number of benzene rings is 2. The zero-order valence-electron chi connectivity index (χ0n) is 9.51. The van der Waals surface area contributed by atoms with E-state index >= 15 is 0 Å². The highest BCUT2D eigenvalue weighted by Crippen LogP contribution is 2.28. The van der Waals surface area contributed by atoms with Gasteiger partial charge in [0.05, 0.1) is 0 Å². The lowest BCUT2D eigenvalue weighted by Crippen LogP contribution is -2.45. The van der Waals surface area contributed by atoms with Gasteiger partial charge in [-0.2, -0.15) is 0 Å². The molecule has 0 aliphatic rings. The lowest BCUT2D eigenvalue weighted by Gasteiger charge is -2.25. The second-order valence-electron chi connectivity index (χ2n) is 3.99. The molecule has 2 rings (SSSR count). The molecule has 92 valence electrons. The first-order valence-corrected chi connectivity index (χ1v) is 5.77. The third-order valence-corrected chi connectivity index (χ3v) is 3.12. The largest absolute Gasteiger partial charge is 0.479 e. The van der Waals surface area contributed by atoms with Crippen molar-refractivity contribution in [3.8, 4) is 0 Å².